The van der Waals surface area contributed by atoms with Crippen molar-refractivity contribution in [2.75, 3.05) is 5.32 Å². The van der Waals surface area contributed by atoms with Crippen LogP contribution in [0.2, 0.25) is 0 Å². The lowest BCUT2D eigenvalue weighted by Crippen LogP contribution is -2.16. The zero-order chi connectivity index (χ0) is 18.3. The van der Waals surface area contributed by atoms with Crippen molar-refractivity contribution < 1.29 is 9.59 Å². The molecular formula is C19H18N4O2S. The van der Waals surface area contributed by atoms with Crippen molar-refractivity contribution in [2.45, 2.75) is 32.6 Å². The summed E-state index contributed by atoms with van der Waals surface area (Å²) in [7, 11) is 0. The minimum absolute atomic E-state index is 0.0501. The van der Waals surface area contributed by atoms with Crippen LogP contribution in [0.3, 0.4) is 0 Å². The highest BCUT2D eigenvalue weighted by atomic mass is 32.1. The Balaban J connectivity index is 1.67. The predicted octanol–water partition coefficient (Wildman–Crippen LogP) is 3.97. The zero-order valence-electron chi connectivity index (χ0n) is 14.5. The summed E-state index contributed by atoms with van der Waals surface area (Å²) in [6.45, 7) is 3.26. The molecule has 1 aliphatic carbocycles. The topological polar surface area (TPSA) is 76.9 Å². The number of ketones is 1. The fourth-order valence-corrected chi connectivity index (χ4v) is 3.70. The molecule has 0 aliphatic heterocycles. The summed E-state index contributed by atoms with van der Waals surface area (Å²) in [5.41, 5.74) is 2.88. The number of nitrogens with one attached hydrogen (secondary N) is 1. The molecule has 1 aromatic carbocycles. The summed E-state index contributed by atoms with van der Waals surface area (Å²) < 4.78 is 1.68. The first kappa shape index (κ1) is 16.7. The van der Waals surface area contributed by atoms with Gasteiger partial charge in [0.15, 0.2) is 10.9 Å². The van der Waals surface area contributed by atoms with E-state index in [1.165, 1.54) is 18.3 Å². The Morgan fingerprint density at radius 1 is 1.23 bits per heavy atom. The van der Waals surface area contributed by atoms with Crippen molar-refractivity contribution >= 4 is 28.2 Å². The second-order valence-corrected chi connectivity index (χ2v) is 7.42. The largest absolute Gasteiger partial charge is 0.296 e. The molecule has 2 aromatic heterocycles. The molecule has 0 atom stereocenters. The number of carbonyl (C=O) groups is 2. The lowest BCUT2D eigenvalue weighted by molar-refractivity contribution is 0.101. The molecule has 132 valence electrons. The molecule has 0 bridgehead atoms. The van der Waals surface area contributed by atoms with Gasteiger partial charge in [-0.25, -0.2) is 9.67 Å². The predicted molar refractivity (Wildman–Crippen MR) is 100 cm³/mol. The van der Waals surface area contributed by atoms with Crippen LogP contribution in [0.4, 0.5) is 5.13 Å². The Bertz CT molecular complexity index is 986. The Morgan fingerprint density at radius 2 is 1.96 bits per heavy atom. The van der Waals surface area contributed by atoms with Gasteiger partial charge in [0.05, 0.1) is 22.0 Å². The number of aryl methyl sites for hydroxylation is 1. The molecule has 6 nitrogen and oxygen atoms in total. The maximum absolute atomic E-state index is 12.9. The minimum atomic E-state index is -0.280. The lowest BCUT2D eigenvalue weighted by Gasteiger charge is -2.06. The summed E-state index contributed by atoms with van der Waals surface area (Å²) in [4.78, 5) is 29.3. The van der Waals surface area contributed by atoms with Gasteiger partial charge in [0, 0.05) is 12.8 Å². The SMILES string of the molecule is CC(=O)c1sc(NC(=O)c2cc(C3CC3)nn2-c2ccccc2)nc1C. The van der Waals surface area contributed by atoms with E-state index in [-0.39, 0.29) is 11.7 Å². The summed E-state index contributed by atoms with van der Waals surface area (Å²) in [6, 6.07) is 11.4. The van der Waals surface area contributed by atoms with Gasteiger partial charge < -0.3 is 0 Å². The van der Waals surface area contributed by atoms with E-state index in [1.54, 1.807) is 11.6 Å². The van der Waals surface area contributed by atoms with Gasteiger partial charge in [-0.1, -0.05) is 29.5 Å². The second-order valence-electron chi connectivity index (χ2n) is 6.42. The molecule has 2 heterocycles. The third kappa shape index (κ3) is 3.17. The number of hydrogen-bond donors (Lipinski definition) is 1. The van der Waals surface area contributed by atoms with Gasteiger partial charge >= 0.3 is 0 Å². The third-order valence-corrected chi connectivity index (χ3v) is 5.47. The number of Topliss-reactive ketones (excluding diaryl/α,β-unsaturated/α-hetero) is 1. The van der Waals surface area contributed by atoms with Crippen LogP contribution in [0.25, 0.3) is 5.69 Å². The van der Waals surface area contributed by atoms with Gasteiger partial charge in [-0.05, 0) is 38.0 Å². The molecule has 3 aromatic rings. The highest BCUT2D eigenvalue weighted by Crippen LogP contribution is 2.39. The molecule has 1 amide bonds. The number of thiazole rings is 1. The van der Waals surface area contributed by atoms with Crippen molar-refractivity contribution in [3.63, 3.8) is 0 Å². The second kappa shape index (κ2) is 6.49. The van der Waals surface area contributed by atoms with Gasteiger partial charge in [-0.3, -0.25) is 14.9 Å². The molecule has 0 spiro atoms. The number of benzene rings is 1. The van der Waals surface area contributed by atoms with E-state index < -0.39 is 0 Å². The van der Waals surface area contributed by atoms with Crippen LogP contribution in [0.15, 0.2) is 36.4 Å². The van der Waals surface area contributed by atoms with Crippen molar-refractivity contribution in [2.24, 2.45) is 0 Å². The number of hydrogen-bond acceptors (Lipinski definition) is 5. The van der Waals surface area contributed by atoms with Crippen molar-refractivity contribution in [3.8, 4) is 5.69 Å². The molecular weight excluding hydrogens is 348 g/mol. The smallest absolute Gasteiger partial charge is 0.276 e. The van der Waals surface area contributed by atoms with Gasteiger partial charge in [0.25, 0.3) is 5.91 Å². The van der Waals surface area contributed by atoms with Crippen molar-refractivity contribution in [1.82, 2.24) is 14.8 Å². The molecule has 1 aliphatic rings. The van der Waals surface area contributed by atoms with E-state index >= 15 is 0 Å². The van der Waals surface area contributed by atoms with E-state index in [0.717, 1.165) is 24.2 Å². The van der Waals surface area contributed by atoms with E-state index in [0.29, 0.717) is 27.3 Å². The van der Waals surface area contributed by atoms with E-state index in [4.69, 9.17) is 0 Å². The molecule has 7 heteroatoms. The molecule has 1 saturated carbocycles. The molecule has 0 saturated heterocycles. The maximum Gasteiger partial charge on any atom is 0.276 e. The fraction of sp³-hybridized carbons (Fsp3) is 0.263. The number of nitrogens with zero attached hydrogens (tertiary/aromatic N) is 3. The Kier molecular flexibility index (Phi) is 4.16. The van der Waals surface area contributed by atoms with Crippen LogP contribution in [0, 0.1) is 6.92 Å². The highest BCUT2D eigenvalue weighted by Gasteiger charge is 2.29. The summed E-state index contributed by atoms with van der Waals surface area (Å²) in [5.74, 6) is 0.112. The monoisotopic (exact) mass is 366 g/mol. The number of anilines is 1. The van der Waals surface area contributed by atoms with Gasteiger partial charge in [-0.15, -0.1) is 0 Å². The molecule has 0 radical (unpaired) electrons. The molecule has 1 N–H and O–H groups in total. The fourth-order valence-electron chi connectivity index (χ4n) is 2.84. The normalized spacial score (nSPS) is 13.6. The first-order chi connectivity index (χ1) is 12.5. The van der Waals surface area contributed by atoms with Crippen LogP contribution in [-0.4, -0.2) is 26.5 Å². The number of carbonyl (C=O) groups excluding carboxylic acids is 2. The third-order valence-electron chi connectivity index (χ3n) is 4.29. The standard InChI is InChI=1S/C19H18N4O2S/c1-11-17(12(2)24)26-19(20-11)21-18(25)16-10-15(13-8-9-13)22-23(16)14-6-4-3-5-7-14/h3-7,10,13H,8-9H2,1-2H3,(H,20,21,25). The number of aromatic nitrogens is 3. The van der Waals surface area contributed by atoms with Crippen LogP contribution in [-0.2, 0) is 0 Å². The van der Waals surface area contributed by atoms with E-state index in [2.05, 4.69) is 15.4 Å². The first-order valence-corrected chi connectivity index (χ1v) is 9.29. The Labute approximate surface area is 154 Å². The summed E-state index contributed by atoms with van der Waals surface area (Å²) in [6.07, 6.45) is 2.22. The lowest BCUT2D eigenvalue weighted by atomic mass is 10.2. The van der Waals surface area contributed by atoms with E-state index in [1.807, 2.05) is 36.4 Å². The Morgan fingerprint density at radius 3 is 2.58 bits per heavy atom. The Hall–Kier alpha value is -2.80. The van der Waals surface area contributed by atoms with Crippen LogP contribution >= 0.6 is 11.3 Å². The van der Waals surface area contributed by atoms with Gasteiger partial charge in [-0.2, -0.15) is 5.10 Å². The number of rotatable bonds is 5. The molecule has 1 fully saturated rings. The number of para-hydroxylation sites is 1. The zero-order valence-corrected chi connectivity index (χ0v) is 15.3. The highest BCUT2D eigenvalue weighted by molar-refractivity contribution is 7.17. The molecule has 26 heavy (non-hydrogen) atoms. The molecule has 4 rings (SSSR count). The molecule has 0 unspecified atom stereocenters. The van der Waals surface area contributed by atoms with Crippen molar-refractivity contribution in [3.05, 3.63) is 58.4 Å². The maximum atomic E-state index is 12.9. The first-order valence-electron chi connectivity index (χ1n) is 8.48. The quantitative estimate of drug-likeness (QED) is 0.693. The van der Waals surface area contributed by atoms with Gasteiger partial charge in [0.2, 0.25) is 0 Å². The average molecular weight is 366 g/mol. The van der Waals surface area contributed by atoms with Crippen molar-refractivity contribution in [1.29, 1.82) is 0 Å². The summed E-state index contributed by atoms with van der Waals surface area (Å²) >= 11 is 1.20. The average Bonchev–Trinajstić information content (AvgIpc) is 3.26. The van der Waals surface area contributed by atoms with Crippen LogP contribution in [0.1, 0.15) is 57.2 Å². The van der Waals surface area contributed by atoms with Gasteiger partial charge in [0.1, 0.15) is 5.69 Å². The van der Waals surface area contributed by atoms with Crippen LogP contribution < -0.4 is 5.32 Å². The van der Waals surface area contributed by atoms with Crippen LogP contribution in [0.5, 0.6) is 0 Å². The minimum Gasteiger partial charge on any atom is -0.296 e. The van der Waals surface area contributed by atoms with E-state index in [9.17, 15) is 9.59 Å². The summed E-state index contributed by atoms with van der Waals surface area (Å²) in [5, 5.41) is 7.88. The number of amides is 1.